The van der Waals surface area contributed by atoms with E-state index >= 15 is 0 Å². The number of aryl methyl sites for hydroxylation is 1. The molecule has 2 amide bonds. The number of anilines is 1. The number of nitrogens with zero attached hydrogens (tertiary/aromatic N) is 1. The van der Waals surface area contributed by atoms with E-state index in [1.165, 1.54) is 17.5 Å². The molecule has 0 saturated carbocycles. The molecule has 0 spiro atoms. The van der Waals surface area contributed by atoms with Gasteiger partial charge in [0.25, 0.3) is 11.8 Å². The lowest BCUT2D eigenvalue weighted by Crippen LogP contribution is -2.31. The SMILES string of the molecule is CC(NC(=O)COC(=O)c1c(NC(=O)c2cccnc2)sc2c1CCCC2)c1ccc(Cl)cc1. The van der Waals surface area contributed by atoms with Crippen molar-refractivity contribution in [3.05, 3.63) is 80.9 Å². The third-order valence-electron chi connectivity index (χ3n) is 5.61. The van der Waals surface area contributed by atoms with Crippen LogP contribution in [0.2, 0.25) is 5.02 Å². The topological polar surface area (TPSA) is 97.4 Å². The number of nitrogens with one attached hydrogen (secondary N) is 2. The van der Waals surface area contributed by atoms with E-state index in [0.29, 0.717) is 21.2 Å². The number of aromatic nitrogens is 1. The molecule has 1 atom stereocenters. The molecule has 0 radical (unpaired) electrons. The fourth-order valence-corrected chi connectivity index (χ4v) is 5.26. The highest BCUT2D eigenvalue weighted by atomic mass is 35.5. The molecule has 2 aromatic heterocycles. The second kappa shape index (κ2) is 10.8. The van der Waals surface area contributed by atoms with Crippen molar-refractivity contribution in [2.45, 2.75) is 38.6 Å². The summed E-state index contributed by atoms with van der Waals surface area (Å²) >= 11 is 7.30. The van der Waals surface area contributed by atoms with Gasteiger partial charge in [-0.3, -0.25) is 14.6 Å². The molecule has 3 aromatic rings. The average Bonchev–Trinajstić information content (AvgIpc) is 3.21. The number of amides is 2. The van der Waals surface area contributed by atoms with Gasteiger partial charge in [-0.25, -0.2) is 4.79 Å². The molecule has 2 N–H and O–H groups in total. The third-order valence-corrected chi connectivity index (χ3v) is 7.07. The summed E-state index contributed by atoms with van der Waals surface area (Å²) in [5, 5.41) is 6.71. The van der Waals surface area contributed by atoms with Crippen molar-refractivity contribution in [3.63, 3.8) is 0 Å². The summed E-state index contributed by atoms with van der Waals surface area (Å²) < 4.78 is 5.37. The maximum absolute atomic E-state index is 13.0. The van der Waals surface area contributed by atoms with E-state index in [9.17, 15) is 14.4 Å². The standard InChI is InChI=1S/C25H24ClN3O4S/c1-15(16-8-10-18(26)11-9-16)28-21(30)14-33-25(32)22-19-6-2-3-7-20(19)34-24(22)29-23(31)17-5-4-12-27-13-17/h4-5,8-13,15H,2-3,6-7,14H2,1H3,(H,28,30)(H,29,31). The van der Waals surface area contributed by atoms with Gasteiger partial charge < -0.3 is 15.4 Å². The highest BCUT2D eigenvalue weighted by Gasteiger charge is 2.28. The first-order valence-electron chi connectivity index (χ1n) is 11.0. The highest BCUT2D eigenvalue weighted by Crippen LogP contribution is 2.38. The van der Waals surface area contributed by atoms with Gasteiger partial charge in [0, 0.05) is 22.3 Å². The Balaban J connectivity index is 1.44. The first kappa shape index (κ1) is 23.9. The van der Waals surface area contributed by atoms with Crippen LogP contribution in [0.25, 0.3) is 0 Å². The number of carbonyl (C=O) groups is 3. The van der Waals surface area contributed by atoms with Gasteiger partial charge in [-0.1, -0.05) is 23.7 Å². The number of benzene rings is 1. The second-order valence-corrected chi connectivity index (χ2v) is 9.57. The number of hydrogen-bond acceptors (Lipinski definition) is 6. The number of hydrogen-bond donors (Lipinski definition) is 2. The summed E-state index contributed by atoms with van der Waals surface area (Å²) in [5.41, 5.74) is 2.52. The Labute approximate surface area is 206 Å². The summed E-state index contributed by atoms with van der Waals surface area (Å²) in [6, 6.07) is 10.2. The zero-order valence-electron chi connectivity index (χ0n) is 18.6. The van der Waals surface area contributed by atoms with Gasteiger partial charge in [0.2, 0.25) is 0 Å². The molecular formula is C25H24ClN3O4S. The number of rotatable bonds is 7. The maximum Gasteiger partial charge on any atom is 0.341 e. The minimum Gasteiger partial charge on any atom is -0.452 e. The van der Waals surface area contributed by atoms with Gasteiger partial charge in [0.1, 0.15) is 5.00 Å². The van der Waals surface area contributed by atoms with Crippen LogP contribution in [0.4, 0.5) is 5.00 Å². The highest BCUT2D eigenvalue weighted by molar-refractivity contribution is 7.17. The average molecular weight is 498 g/mol. The number of halogens is 1. The maximum atomic E-state index is 13.0. The molecule has 0 bridgehead atoms. The van der Waals surface area contributed by atoms with Crippen LogP contribution >= 0.6 is 22.9 Å². The van der Waals surface area contributed by atoms with E-state index in [2.05, 4.69) is 15.6 Å². The van der Waals surface area contributed by atoms with Crippen molar-refractivity contribution < 1.29 is 19.1 Å². The summed E-state index contributed by atoms with van der Waals surface area (Å²) in [7, 11) is 0. The Morgan fingerprint density at radius 3 is 2.65 bits per heavy atom. The number of ether oxygens (including phenoxy) is 1. The Kier molecular flexibility index (Phi) is 7.59. The van der Waals surface area contributed by atoms with Crippen LogP contribution < -0.4 is 10.6 Å². The van der Waals surface area contributed by atoms with Gasteiger partial charge in [0.05, 0.1) is 17.2 Å². The Morgan fingerprint density at radius 2 is 1.91 bits per heavy atom. The van der Waals surface area contributed by atoms with Crippen LogP contribution in [0.15, 0.2) is 48.8 Å². The van der Waals surface area contributed by atoms with Gasteiger partial charge in [-0.15, -0.1) is 11.3 Å². The van der Waals surface area contributed by atoms with Crippen molar-refractivity contribution in [1.29, 1.82) is 0 Å². The molecule has 4 rings (SSSR count). The van der Waals surface area contributed by atoms with E-state index in [1.807, 2.05) is 19.1 Å². The minimum atomic E-state index is -0.616. The first-order valence-corrected chi connectivity index (χ1v) is 12.2. The van der Waals surface area contributed by atoms with Gasteiger partial charge in [0.15, 0.2) is 6.61 Å². The van der Waals surface area contributed by atoms with Crippen molar-refractivity contribution in [2.75, 3.05) is 11.9 Å². The summed E-state index contributed by atoms with van der Waals surface area (Å²) in [4.78, 5) is 43.2. The Hall–Kier alpha value is -3.23. The quantitative estimate of drug-likeness (QED) is 0.449. The van der Waals surface area contributed by atoms with Crippen molar-refractivity contribution in [3.8, 4) is 0 Å². The van der Waals surface area contributed by atoms with Crippen LogP contribution in [-0.2, 0) is 22.4 Å². The molecule has 1 aromatic carbocycles. The fraction of sp³-hybridized carbons (Fsp3) is 0.280. The molecule has 0 saturated heterocycles. The molecule has 1 aliphatic carbocycles. The Bertz CT molecular complexity index is 1190. The number of thiophene rings is 1. The van der Waals surface area contributed by atoms with Crippen molar-refractivity contribution >= 4 is 45.7 Å². The van der Waals surface area contributed by atoms with Crippen molar-refractivity contribution in [1.82, 2.24) is 10.3 Å². The van der Waals surface area contributed by atoms with E-state index in [4.69, 9.17) is 16.3 Å². The van der Waals surface area contributed by atoms with Crippen LogP contribution in [0.3, 0.4) is 0 Å². The molecule has 1 unspecified atom stereocenters. The first-order chi connectivity index (χ1) is 16.4. The van der Waals surface area contributed by atoms with Crippen LogP contribution in [0, 0.1) is 0 Å². The molecule has 176 valence electrons. The summed E-state index contributed by atoms with van der Waals surface area (Å²) in [6.45, 7) is 1.42. The fourth-order valence-electron chi connectivity index (χ4n) is 3.86. The largest absolute Gasteiger partial charge is 0.452 e. The van der Waals surface area contributed by atoms with E-state index < -0.39 is 18.5 Å². The van der Waals surface area contributed by atoms with Crippen LogP contribution in [-0.4, -0.2) is 29.4 Å². The molecule has 0 aliphatic heterocycles. The predicted molar refractivity (Wildman–Crippen MR) is 131 cm³/mol. The van der Waals surface area contributed by atoms with Gasteiger partial charge in [-0.05, 0) is 68.0 Å². The molecule has 34 heavy (non-hydrogen) atoms. The molecule has 1 aliphatic rings. The lowest BCUT2D eigenvalue weighted by Gasteiger charge is -2.15. The number of carbonyl (C=O) groups excluding carboxylic acids is 3. The Morgan fingerprint density at radius 1 is 1.15 bits per heavy atom. The van der Waals surface area contributed by atoms with Crippen LogP contribution in [0.5, 0.6) is 0 Å². The zero-order chi connectivity index (χ0) is 24.1. The monoisotopic (exact) mass is 497 g/mol. The summed E-state index contributed by atoms with van der Waals surface area (Å²) in [5.74, 6) is -1.38. The molecule has 9 heteroatoms. The van der Waals surface area contributed by atoms with Gasteiger partial charge >= 0.3 is 5.97 Å². The number of pyridine rings is 1. The minimum absolute atomic E-state index is 0.272. The van der Waals surface area contributed by atoms with E-state index in [0.717, 1.165) is 41.7 Å². The zero-order valence-corrected chi connectivity index (χ0v) is 20.2. The molecular weight excluding hydrogens is 474 g/mol. The number of esters is 1. The van der Waals surface area contributed by atoms with E-state index in [1.54, 1.807) is 30.5 Å². The smallest absolute Gasteiger partial charge is 0.341 e. The van der Waals surface area contributed by atoms with Gasteiger partial charge in [-0.2, -0.15) is 0 Å². The third kappa shape index (κ3) is 5.63. The molecule has 0 fully saturated rings. The molecule has 7 nitrogen and oxygen atoms in total. The number of fused-ring (bicyclic) bond motifs is 1. The lowest BCUT2D eigenvalue weighted by atomic mass is 9.95. The predicted octanol–water partition coefficient (Wildman–Crippen LogP) is 4.96. The van der Waals surface area contributed by atoms with E-state index in [-0.39, 0.29) is 11.9 Å². The second-order valence-electron chi connectivity index (χ2n) is 8.03. The lowest BCUT2D eigenvalue weighted by molar-refractivity contribution is -0.124. The van der Waals surface area contributed by atoms with Crippen LogP contribution in [0.1, 0.15) is 62.5 Å². The normalized spacial score (nSPS) is 13.5. The summed E-state index contributed by atoms with van der Waals surface area (Å²) in [6.07, 6.45) is 6.62. The van der Waals surface area contributed by atoms with Crippen molar-refractivity contribution in [2.24, 2.45) is 0 Å². The molecule has 2 heterocycles.